The Kier molecular flexibility index (Phi) is 5.11. The molecule has 0 bridgehead atoms. The van der Waals surface area contributed by atoms with E-state index in [4.69, 9.17) is 21.3 Å². The van der Waals surface area contributed by atoms with Crippen LogP contribution in [0.1, 0.15) is 31.6 Å². The number of anilines is 1. The number of carbonyl (C=O) groups is 1. The molecule has 4 heterocycles. The number of carbonyl (C=O) groups excluding carboxylic acids is 1. The number of hydrogen-bond donors (Lipinski definition) is 1. The van der Waals surface area contributed by atoms with Gasteiger partial charge in [-0.1, -0.05) is 11.6 Å². The van der Waals surface area contributed by atoms with E-state index in [1.807, 2.05) is 25.2 Å². The largest absolute Gasteiger partial charge is 0.378 e. The second kappa shape index (κ2) is 7.94. The number of hydrogen-bond acceptors (Lipinski definition) is 5. The lowest BCUT2D eigenvalue weighted by Gasteiger charge is -2.30. The van der Waals surface area contributed by atoms with Gasteiger partial charge >= 0.3 is 0 Å². The average molecular weight is 439 g/mol. The van der Waals surface area contributed by atoms with Gasteiger partial charge in [-0.25, -0.2) is 4.98 Å². The van der Waals surface area contributed by atoms with Gasteiger partial charge in [-0.3, -0.25) is 14.5 Å². The molecule has 1 aliphatic rings. The minimum atomic E-state index is -0.139. The Bertz CT molecular complexity index is 1280. The Morgan fingerprint density at radius 1 is 1.32 bits per heavy atom. The van der Waals surface area contributed by atoms with E-state index < -0.39 is 0 Å². The number of fused-ring (bicyclic) bond motifs is 3. The summed E-state index contributed by atoms with van der Waals surface area (Å²) in [5, 5.41) is 8.59. The summed E-state index contributed by atoms with van der Waals surface area (Å²) in [4.78, 5) is 22.2. The maximum absolute atomic E-state index is 12.8. The normalized spacial score (nSPS) is 19.2. The average Bonchev–Trinajstić information content (AvgIpc) is 3.30. The van der Waals surface area contributed by atoms with Gasteiger partial charge < -0.3 is 14.6 Å². The number of aromatic nitrogens is 5. The molecule has 1 saturated heterocycles. The smallest absolute Gasteiger partial charge is 0.232 e. The number of benzene rings is 1. The van der Waals surface area contributed by atoms with Crippen molar-refractivity contribution in [2.75, 3.05) is 11.9 Å². The van der Waals surface area contributed by atoms with Crippen molar-refractivity contribution < 1.29 is 9.53 Å². The minimum Gasteiger partial charge on any atom is -0.378 e. The molecule has 1 aromatic carbocycles. The summed E-state index contributed by atoms with van der Waals surface area (Å²) in [7, 11) is 1.81. The number of aryl methyl sites for hydroxylation is 1. The first-order valence-corrected chi connectivity index (χ1v) is 10.7. The topological polar surface area (TPSA) is 86.9 Å². The molecule has 160 valence electrons. The van der Waals surface area contributed by atoms with Crippen LogP contribution in [-0.4, -0.2) is 42.9 Å². The van der Waals surface area contributed by atoms with E-state index in [-0.39, 0.29) is 24.5 Å². The molecule has 2 atom stereocenters. The van der Waals surface area contributed by atoms with Crippen LogP contribution < -0.4 is 5.32 Å². The summed E-state index contributed by atoms with van der Waals surface area (Å²) in [5.41, 5.74) is 3.24. The standard InChI is InChI=1S/C22H23ClN6O2/c1-13-7-16(5-6-31-13)29-20(9-21(30)26-15-10-25-28(2)12-15)27-19-11-24-18-4-3-14(23)8-17(18)22(19)29/h3-4,8,10-13,16H,5-7,9H2,1-2H3,(H,26,30)/t13-,16-/m1/s1. The highest BCUT2D eigenvalue weighted by atomic mass is 35.5. The lowest BCUT2D eigenvalue weighted by Crippen LogP contribution is -2.27. The van der Waals surface area contributed by atoms with Crippen LogP contribution in [0.25, 0.3) is 21.9 Å². The van der Waals surface area contributed by atoms with E-state index in [9.17, 15) is 4.79 Å². The maximum atomic E-state index is 12.8. The molecule has 1 N–H and O–H groups in total. The van der Waals surface area contributed by atoms with E-state index in [2.05, 4.69) is 26.9 Å². The summed E-state index contributed by atoms with van der Waals surface area (Å²) < 4.78 is 9.63. The first kappa shape index (κ1) is 20.0. The molecule has 0 unspecified atom stereocenters. The third-order valence-corrected chi connectivity index (χ3v) is 5.92. The molecule has 0 saturated carbocycles. The second-order valence-corrected chi connectivity index (χ2v) is 8.48. The predicted octanol–water partition coefficient (Wildman–Crippen LogP) is 3.89. The van der Waals surface area contributed by atoms with Crippen LogP contribution in [0.4, 0.5) is 5.69 Å². The zero-order valence-electron chi connectivity index (χ0n) is 17.4. The molecule has 5 rings (SSSR count). The number of halogens is 1. The Balaban J connectivity index is 1.61. The Hall–Kier alpha value is -2.97. The van der Waals surface area contributed by atoms with Crippen molar-refractivity contribution in [2.24, 2.45) is 7.05 Å². The molecular formula is C22H23ClN6O2. The van der Waals surface area contributed by atoms with E-state index in [1.165, 1.54) is 0 Å². The second-order valence-electron chi connectivity index (χ2n) is 8.04. The number of imidazole rings is 1. The van der Waals surface area contributed by atoms with Gasteiger partial charge in [-0.15, -0.1) is 0 Å². The fourth-order valence-electron chi connectivity index (χ4n) is 4.36. The van der Waals surface area contributed by atoms with Gasteiger partial charge in [0, 0.05) is 36.3 Å². The van der Waals surface area contributed by atoms with Gasteiger partial charge in [-0.05, 0) is 38.0 Å². The van der Waals surface area contributed by atoms with Gasteiger partial charge in [0.1, 0.15) is 11.3 Å². The molecule has 9 heteroatoms. The number of nitrogens with zero attached hydrogens (tertiary/aromatic N) is 5. The fraction of sp³-hybridized carbons (Fsp3) is 0.364. The van der Waals surface area contributed by atoms with Gasteiger partial charge in [-0.2, -0.15) is 5.10 Å². The molecular weight excluding hydrogens is 416 g/mol. The van der Waals surface area contributed by atoms with Gasteiger partial charge in [0.25, 0.3) is 0 Å². The van der Waals surface area contributed by atoms with E-state index in [0.29, 0.717) is 23.1 Å². The van der Waals surface area contributed by atoms with Crippen molar-refractivity contribution in [2.45, 2.75) is 38.3 Å². The quantitative estimate of drug-likeness (QED) is 0.522. The van der Waals surface area contributed by atoms with E-state index in [0.717, 1.165) is 34.8 Å². The van der Waals surface area contributed by atoms with Crippen LogP contribution in [0.2, 0.25) is 5.02 Å². The van der Waals surface area contributed by atoms with Crippen LogP contribution >= 0.6 is 11.6 Å². The molecule has 3 aromatic heterocycles. The lowest BCUT2D eigenvalue weighted by atomic mass is 10.0. The third-order valence-electron chi connectivity index (χ3n) is 5.68. The predicted molar refractivity (Wildman–Crippen MR) is 119 cm³/mol. The number of pyridine rings is 1. The highest BCUT2D eigenvalue weighted by Gasteiger charge is 2.27. The molecule has 0 aliphatic carbocycles. The zero-order valence-corrected chi connectivity index (χ0v) is 18.1. The van der Waals surface area contributed by atoms with Crippen molar-refractivity contribution in [1.82, 2.24) is 24.3 Å². The van der Waals surface area contributed by atoms with Crippen molar-refractivity contribution in [3.05, 3.63) is 47.6 Å². The Labute approximate surface area is 184 Å². The summed E-state index contributed by atoms with van der Waals surface area (Å²) >= 11 is 6.31. The van der Waals surface area contributed by atoms with Crippen LogP contribution in [0.3, 0.4) is 0 Å². The first-order chi connectivity index (χ1) is 15.0. The number of ether oxygens (including phenoxy) is 1. The molecule has 0 radical (unpaired) electrons. The monoisotopic (exact) mass is 438 g/mol. The van der Waals surface area contributed by atoms with Gasteiger partial charge in [0.15, 0.2) is 0 Å². The maximum Gasteiger partial charge on any atom is 0.232 e. The highest BCUT2D eigenvalue weighted by molar-refractivity contribution is 6.31. The molecule has 1 fully saturated rings. The minimum absolute atomic E-state index is 0.139. The summed E-state index contributed by atoms with van der Waals surface area (Å²) in [6.07, 6.45) is 7.17. The molecule has 1 amide bonds. The zero-order chi connectivity index (χ0) is 21.5. The Morgan fingerprint density at radius 2 is 2.19 bits per heavy atom. The number of nitrogens with one attached hydrogen (secondary N) is 1. The number of rotatable bonds is 4. The summed E-state index contributed by atoms with van der Waals surface area (Å²) in [5.74, 6) is 0.574. The molecule has 4 aromatic rings. The van der Waals surface area contributed by atoms with Gasteiger partial charge in [0.2, 0.25) is 5.91 Å². The summed E-state index contributed by atoms with van der Waals surface area (Å²) in [6.45, 7) is 2.76. The Morgan fingerprint density at radius 3 is 2.97 bits per heavy atom. The van der Waals surface area contributed by atoms with Crippen molar-refractivity contribution in [3.8, 4) is 0 Å². The summed E-state index contributed by atoms with van der Waals surface area (Å²) in [6, 6.07) is 5.85. The van der Waals surface area contributed by atoms with Crippen molar-refractivity contribution >= 4 is 45.1 Å². The molecule has 31 heavy (non-hydrogen) atoms. The molecule has 1 aliphatic heterocycles. The van der Waals surface area contributed by atoms with Crippen LogP contribution in [0.15, 0.2) is 36.8 Å². The van der Waals surface area contributed by atoms with Crippen molar-refractivity contribution in [1.29, 1.82) is 0 Å². The van der Waals surface area contributed by atoms with E-state index >= 15 is 0 Å². The van der Waals surface area contributed by atoms with Crippen LogP contribution in [0, 0.1) is 0 Å². The SMILES string of the molecule is C[C@@H]1C[C@H](n2c(CC(=O)Nc3cnn(C)c3)nc3cnc4ccc(Cl)cc4c32)CCO1. The lowest BCUT2D eigenvalue weighted by molar-refractivity contribution is -0.115. The highest BCUT2D eigenvalue weighted by Crippen LogP contribution is 2.34. The van der Waals surface area contributed by atoms with Crippen LogP contribution in [0.5, 0.6) is 0 Å². The van der Waals surface area contributed by atoms with Gasteiger partial charge in [0.05, 0.1) is 41.6 Å². The fourth-order valence-corrected chi connectivity index (χ4v) is 4.53. The van der Waals surface area contributed by atoms with E-state index in [1.54, 1.807) is 23.3 Å². The molecule has 8 nitrogen and oxygen atoms in total. The first-order valence-electron chi connectivity index (χ1n) is 10.3. The number of amides is 1. The third kappa shape index (κ3) is 3.88. The molecule has 0 spiro atoms. The van der Waals surface area contributed by atoms with Crippen LogP contribution in [-0.2, 0) is 23.0 Å². The van der Waals surface area contributed by atoms with Crippen molar-refractivity contribution in [3.63, 3.8) is 0 Å².